The first-order valence-corrected chi connectivity index (χ1v) is 44.7. The van der Waals surface area contributed by atoms with Gasteiger partial charge in [-0.2, -0.15) is 0 Å². The lowest BCUT2D eigenvalue weighted by Gasteiger charge is -2.21. The Balaban J connectivity index is 5.20. The second-order valence-corrected chi connectivity index (χ2v) is 33.7. The van der Waals surface area contributed by atoms with Gasteiger partial charge in [0.15, 0.2) is 12.2 Å². The highest BCUT2D eigenvalue weighted by Gasteiger charge is 2.30. The summed E-state index contributed by atoms with van der Waals surface area (Å²) < 4.78 is 68.6. The molecule has 4 unspecified atom stereocenters. The van der Waals surface area contributed by atoms with Gasteiger partial charge in [0.25, 0.3) is 0 Å². The van der Waals surface area contributed by atoms with Crippen molar-refractivity contribution in [2.75, 3.05) is 39.6 Å². The number of unbranched alkanes of at least 4 members (excludes halogenated alkanes) is 43. The predicted molar refractivity (Wildman–Crippen MR) is 409 cm³/mol. The lowest BCUT2D eigenvalue weighted by molar-refractivity contribution is -0.161. The number of hydrogen-bond acceptors (Lipinski definition) is 15. The molecule has 0 aromatic carbocycles. The van der Waals surface area contributed by atoms with Crippen molar-refractivity contribution in [1.29, 1.82) is 0 Å². The normalized spacial score (nSPS) is 14.3. The highest BCUT2D eigenvalue weighted by Crippen LogP contribution is 2.45. The maximum Gasteiger partial charge on any atom is 0.472 e. The van der Waals surface area contributed by atoms with Crippen molar-refractivity contribution in [3.8, 4) is 0 Å². The maximum absolute atomic E-state index is 13.1. The van der Waals surface area contributed by atoms with Crippen LogP contribution >= 0.6 is 15.6 Å². The molecule has 594 valence electrons. The molecule has 0 heterocycles. The van der Waals surface area contributed by atoms with Crippen LogP contribution in [0.3, 0.4) is 0 Å². The molecule has 0 radical (unpaired) electrons. The van der Waals surface area contributed by atoms with E-state index < -0.39 is 97.5 Å². The van der Waals surface area contributed by atoms with Gasteiger partial charge >= 0.3 is 39.5 Å². The smallest absolute Gasteiger partial charge is 0.462 e. The molecule has 6 atom stereocenters. The number of phosphoric ester groups is 2. The van der Waals surface area contributed by atoms with E-state index in [0.29, 0.717) is 25.7 Å². The van der Waals surface area contributed by atoms with Crippen molar-refractivity contribution in [3.63, 3.8) is 0 Å². The highest BCUT2D eigenvalue weighted by molar-refractivity contribution is 7.47. The zero-order valence-corrected chi connectivity index (χ0v) is 67.6. The number of aliphatic hydroxyl groups is 1. The maximum atomic E-state index is 13.1. The Kier molecular flexibility index (Phi) is 68.7. The third-order valence-corrected chi connectivity index (χ3v) is 21.1. The number of hydrogen-bond donors (Lipinski definition) is 3. The van der Waals surface area contributed by atoms with E-state index in [1.807, 2.05) is 0 Å². The zero-order chi connectivity index (χ0) is 73.8. The molecule has 17 nitrogen and oxygen atoms in total. The summed E-state index contributed by atoms with van der Waals surface area (Å²) in [6.45, 7) is 14.2. The van der Waals surface area contributed by atoms with E-state index in [0.717, 1.165) is 114 Å². The van der Waals surface area contributed by atoms with Crippen LogP contribution in [0.5, 0.6) is 0 Å². The van der Waals surface area contributed by atoms with Crippen LogP contribution in [0.25, 0.3) is 0 Å². The SMILES string of the molecule is CCC(C)CCCCCCCCC(=O)O[C@H](COC(=O)CCCCCCCCCCC(C)C)COP(=O)(O)OCC(O)COP(=O)(O)OC[C@@H](COC(=O)CCCCCCCCCCCCCCCCCCCCC(C)C)OC(=O)CCCCCCCCCCCCCCCCCC(C)C. The van der Waals surface area contributed by atoms with Gasteiger partial charge in [0, 0.05) is 25.7 Å². The largest absolute Gasteiger partial charge is 0.472 e. The van der Waals surface area contributed by atoms with E-state index in [-0.39, 0.29) is 25.7 Å². The first kappa shape index (κ1) is 98.1. The first-order chi connectivity index (χ1) is 48.1. The van der Waals surface area contributed by atoms with Gasteiger partial charge in [-0.1, -0.05) is 364 Å². The second-order valence-electron chi connectivity index (χ2n) is 30.8. The van der Waals surface area contributed by atoms with E-state index in [2.05, 4.69) is 55.4 Å². The topological polar surface area (TPSA) is 237 Å². The Labute approximate surface area is 613 Å². The Hall–Kier alpha value is -1.94. The fraction of sp³-hybridized carbons (Fsp3) is 0.951. The van der Waals surface area contributed by atoms with Gasteiger partial charge in [0.05, 0.1) is 26.4 Å². The van der Waals surface area contributed by atoms with Crippen molar-refractivity contribution >= 4 is 39.5 Å². The zero-order valence-electron chi connectivity index (χ0n) is 65.8. The minimum absolute atomic E-state index is 0.102. The molecule has 19 heteroatoms. The van der Waals surface area contributed by atoms with Crippen LogP contribution in [-0.4, -0.2) is 96.7 Å². The average molecular weight is 1470 g/mol. The van der Waals surface area contributed by atoms with Gasteiger partial charge < -0.3 is 33.8 Å². The Bertz CT molecular complexity index is 1960. The van der Waals surface area contributed by atoms with Crippen molar-refractivity contribution in [3.05, 3.63) is 0 Å². The summed E-state index contributed by atoms with van der Waals surface area (Å²) in [6.07, 6.45) is 57.1. The number of phosphoric acid groups is 2. The molecule has 0 spiro atoms. The van der Waals surface area contributed by atoms with Gasteiger partial charge in [-0.05, 0) is 49.4 Å². The molecule has 0 saturated carbocycles. The van der Waals surface area contributed by atoms with E-state index >= 15 is 0 Å². The Morgan fingerprint density at radius 2 is 0.480 bits per heavy atom. The molecule has 0 rings (SSSR count). The predicted octanol–water partition coefficient (Wildman–Crippen LogP) is 24.0. The quantitative estimate of drug-likeness (QED) is 0.0222. The van der Waals surface area contributed by atoms with Gasteiger partial charge in [0.1, 0.15) is 19.3 Å². The summed E-state index contributed by atoms with van der Waals surface area (Å²) in [5.74, 6) is 0.954. The lowest BCUT2D eigenvalue weighted by atomic mass is 10.00. The highest BCUT2D eigenvalue weighted by atomic mass is 31.2. The number of aliphatic hydroxyl groups excluding tert-OH is 1. The lowest BCUT2D eigenvalue weighted by Crippen LogP contribution is -2.30. The molecule has 0 aliphatic carbocycles. The van der Waals surface area contributed by atoms with Gasteiger partial charge in [-0.3, -0.25) is 37.3 Å². The molecule has 0 aromatic heterocycles. The molecule has 0 aliphatic heterocycles. The van der Waals surface area contributed by atoms with Crippen molar-refractivity contribution in [2.24, 2.45) is 23.7 Å². The molecule has 0 bridgehead atoms. The fourth-order valence-corrected chi connectivity index (χ4v) is 14.0. The van der Waals surface area contributed by atoms with Crippen LogP contribution in [0.15, 0.2) is 0 Å². The van der Waals surface area contributed by atoms with E-state index in [1.165, 1.54) is 218 Å². The molecule has 3 N–H and O–H groups in total. The summed E-state index contributed by atoms with van der Waals surface area (Å²) in [5, 5.41) is 10.6. The van der Waals surface area contributed by atoms with E-state index in [4.69, 9.17) is 37.0 Å². The third-order valence-electron chi connectivity index (χ3n) is 19.2. The van der Waals surface area contributed by atoms with Crippen molar-refractivity contribution in [1.82, 2.24) is 0 Å². The van der Waals surface area contributed by atoms with Crippen molar-refractivity contribution in [2.45, 2.75) is 433 Å². The van der Waals surface area contributed by atoms with Crippen LogP contribution in [0.4, 0.5) is 0 Å². The summed E-state index contributed by atoms with van der Waals surface area (Å²) in [5.41, 5.74) is 0. The van der Waals surface area contributed by atoms with E-state index in [1.54, 1.807) is 0 Å². The van der Waals surface area contributed by atoms with E-state index in [9.17, 15) is 43.2 Å². The number of ether oxygens (including phenoxy) is 4. The van der Waals surface area contributed by atoms with Gasteiger partial charge in [-0.15, -0.1) is 0 Å². The Morgan fingerprint density at radius 3 is 0.710 bits per heavy atom. The van der Waals surface area contributed by atoms with Crippen LogP contribution in [0, 0.1) is 23.7 Å². The fourth-order valence-electron chi connectivity index (χ4n) is 12.4. The molecule has 0 aliphatic rings. The van der Waals surface area contributed by atoms with Gasteiger partial charge in [0.2, 0.25) is 0 Å². The Morgan fingerprint density at radius 1 is 0.280 bits per heavy atom. The molecule has 0 saturated heterocycles. The molecule has 0 aromatic rings. The molecular weight excluding hydrogens is 1310 g/mol. The summed E-state index contributed by atoms with van der Waals surface area (Å²) >= 11 is 0. The molecule has 0 fully saturated rings. The molecular formula is C81H158O17P2. The minimum atomic E-state index is -4.96. The second kappa shape index (κ2) is 70.1. The molecule has 0 amide bonds. The summed E-state index contributed by atoms with van der Waals surface area (Å²) in [4.78, 5) is 72.9. The standard InChI is InChI=1S/C81H158O17P2/c1-9-74(8)60-52-44-39-40-48-56-64-81(86)98-77(68-92-79(84)62-54-46-37-32-31-35-43-51-59-73(6)7)70-96-100(89,90)94-66-75(82)65-93-99(87,88)95-69-76(97-80(85)63-55-47-38-30-26-22-18-14-16-20-24-28-34-42-50-58-72(4)5)67-91-78(83)61-53-45-36-29-25-21-17-13-11-10-12-15-19-23-27-33-41-49-57-71(2)3/h71-77,82H,9-70H2,1-8H3,(H,87,88)(H,89,90)/t74?,75?,76-,77-/m1/s1. The summed E-state index contributed by atoms with van der Waals surface area (Å²) in [7, 11) is -9.92. The number of carbonyl (C=O) groups is 4. The van der Waals surface area contributed by atoms with Crippen LogP contribution < -0.4 is 0 Å². The van der Waals surface area contributed by atoms with Crippen LogP contribution in [0.2, 0.25) is 0 Å². The first-order valence-electron chi connectivity index (χ1n) is 41.7. The summed E-state index contributed by atoms with van der Waals surface area (Å²) in [6, 6.07) is 0. The number of esters is 4. The number of rotatable bonds is 78. The van der Waals surface area contributed by atoms with Crippen LogP contribution in [0.1, 0.15) is 415 Å². The van der Waals surface area contributed by atoms with Gasteiger partial charge in [-0.25, -0.2) is 9.13 Å². The average Bonchev–Trinajstić information content (AvgIpc) is 1.03. The minimum Gasteiger partial charge on any atom is -0.462 e. The molecule has 100 heavy (non-hydrogen) atoms. The van der Waals surface area contributed by atoms with Crippen molar-refractivity contribution < 1.29 is 80.2 Å². The third kappa shape index (κ3) is 73.0. The number of carbonyl (C=O) groups excluding carboxylic acids is 4. The van der Waals surface area contributed by atoms with Crippen LogP contribution in [-0.2, 0) is 65.4 Å². The monoisotopic (exact) mass is 1470 g/mol.